The third-order valence-electron chi connectivity index (χ3n) is 1.73. The van der Waals surface area contributed by atoms with Gasteiger partial charge in [-0.05, 0) is 0 Å². The molecule has 2 nitrogen and oxygen atoms in total. The zero-order chi connectivity index (χ0) is 6.48. The molecule has 0 N–H and O–H groups in total. The average molecular weight is 124 g/mol. The van der Waals surface area contributed by atoms with Gasteiger partial charge < -0.3 is 9.47 Å². The molecular weight excluding hydrogens is 116 g/mol. The van der Waals surface area contributed by atoms with Crippen molar-refractivity contribution in [2.75, 3.05) is 0 Å². The lowest BCUT2D eigenvalue weighted by Gasteiger charge is -1.68. The van der Waals surface area contributed by atoms with Crippen molar-refractivity contribution in [1.82, 2.24) is 0 Å². The monoisotopic (exact) mass is 124 g/mol. The molecule has 0 aromatic carbocycles. The number of rotatable bonds is 2. The second-order valence-electron chi connectivity index (χ2n) is 2.27. The van der Waals surface area contributed by atoms with Crippen molar-refractivity contribution in [2.24, 2.45) is 0 Å². The smallest absolute Gasteiger partial charge is 0.231 e. The molecule has 0 bridgehead atoms. The molecule has 2 aliphatic rings. The summed E-state index contributed by atoms with van der Waals surface area (Å²) >= 11 is 0. The second kappa shape index (κ2) is 1.28. The van der Waals surface area contributed by atoms with Crippen LogP contribution in [0.15, 0.2) is 25.3 Å². The summed E-state index contributed by atoms with van der Waals surface area (Å²) in [5.41, 5.74) is 0. The van der Waals surface area contributed by atoms with E-state index < -0.39 is 0 Å². The molecule has 2 atom stereocenters. The molecular formula is C7H8O2. The minimum absolute atomic E-state index is 0.112. The summed E-state index contributed by atoms with van der Waals surface area (Å²) < 4.78 is 10.3. The highest BCUT2D eigenvalue weighted by atomic mass is 16.9. The molecule has 1 spiro atoms. The van der Waals surface area contributed by atoms with Gasteiger partial charge in [0.05, 0.1) is 0 Å². The van der Waals surface area contributed by atoms with Gasteiger partial charge in [-0.2, -0.15) is 0 Å². The highest BCUT2D eigenvalue weighted by Gasteiger charge is 2.74. The first-order chi connectivity index (χ1) is 4.33. The average Bonchev–Trinajstić information content (AvgIpc) is 2.74. The SMILES string of the molecule is C=CC1OC12OC2C=C. The third kappa shape index (κ3) is 0.471. The van der Waals surface area contributed by atoms with Crippen molar-refractivity contribution >= 4 is 0 Å². The van der Waals surface area contributed by atoms with E-state index in [0.717, 1.165) is 0 Å². The molecule has 0 aromatic rings. The molecule has 2 rings (SSSR count). The molecule has 9 heavy (non-hydrogen) atoms. The molecule has 2 aliphatic heterocycles. The summed E-state index contributed by atoms with van der Waals surface area (Å²) in [6.07, 6.45) is 3.73. The Bertz CT molecular complexity index is 154. The maximum Gasteiger partial charge on any atom is 0.231 e. The molecule has 0 aliphatic carbocycles. The first kappa shape index (κ1) is 5.21. The highest BCUT2D eigenvalue weighted by Crippen LogP contribution is 2.55. The van der Waals surface area contributed by atoms with E-state index in [-0.39, 0.29) is 18.0 Å². The fourth-order valence-corrected chi connectivity index (χ4v) is 1.08. The highest BCUT2D eigenvalue weighted by molar-refractivity contribution is 5.22. The van der Waals surface area contributed by atoms with Crippen LogP contribution in [-0.2, 0) is 9.47 Å². The van der Waals surface area contributed by atoms with E-state index in [1.807, 2.05) is 0 Å². The maximum atomic E-state index is 5.16. The molecule has 2 fully saturated rings. The molecule has 48 valence electrons. The van der Waals surface area contributed by atoms with Gasteiger partial charge in [0.15, 0.2) is 0 Å². The summed E-state index contributed by atoms with van der Waals surface area (Å²) in [5, 5.41) is 0. The second-order valence-corrected chi connectivity index (χ2v) is 2.27. The van der Waals surface area contributed by atoms with E-state index in [4.69, 9.17) is 9.47 Å². The molecule has 0 saturated carbocycles. The van der Waals surface area contributed by atoms with Gasteiger partial charge in [0.25, 0.3) is 0 Å². The zero-order valence-corrected chi connectivity index (χ0v) is 5.04. The van der Waals surface area contributed by atoms with E-state index in [2.05, 4.69) is 13.2 Å². The lowest BCUT2D eigenvalue weighted by atomic mass is 10.2. The van der Waals surface area contributed by atoms with Gasteiger partial charge in [0.2, 0.25) is 5.79 Å². The number of ether oxygens (including phenoxy) is 2. The maximum absolute atomic E-state index is 5.16. The van der Waals surface area contributed by atoms with Crippen LogP contribution in [0.25, 0.3) is 0 Å². The zero-order valence-electron chi connectivity index (χ0n) is 5.04. The van der Waals surface area contributed by atoms with Crippen LogP contribution in [0, 0.1) is 0 Å². The summed E-state index contributed by atoms with van der Waals surface area (Å²) in [7, 11) is 0. The molecule has 0 amide bonds. The van der Waals surface area contributed by atoms with Gasteiger partial charge in [-0.15, -0.1) is 13.2 Å². The normalized spacial score (nSPS) is 52.9. The fourth-order valence-electron chi connectivity index (χ4n) is 1.08. The largest absolute Gasteiger partial charge is 0.332 e. The minimum Gasteiger partial charge on any atom is -0.332 e. The fraction of sp³-hybridized carbons (Fsp3) is 0.429. The van der Waals surface area contributed by atoms with Crippen LogP contribution in [0.2, 0.25) is 0 Å². The van der Waals surface area contributed by atoms with Crippen molar-refractivity contribution < 1.29 is 9.47 Å². The Balaban J connectivity index is 2.04. The third-order valence-corrected chi connectivity index (χ3v) is 1.73. The van der Waals surface area contributed by atoms with Gasteiger partial charge in [-0.25, -0.2) is 0 Å². The van der Waals surface area contributed by atoms with Crippen LogP contribution >= 0.6 is 0 Å². The van der Waals surface area contributed by atoms with Gasteiger partial charge >= 0.3 is 0 Å². The van der Waals surface area contributed by atoms with Crippen LogP contribution in [0.4, 0.5) is 0 Å². The van der Waals surface area contributed by atoms with Crippen molar-refractivity contribution in [2.45, 2.75) is 18.0 Å². The number of hydrogen-bond donors (Lipinski definition) is 0. The van der Waals surface area contributed by atoms with Crippen molar-refractivity contribution in [3.63, 3.8) is 0 Å². The van der Waals surface area contributed by atoms with Gasteiger partial charge in [0.1, 0.15) is 12.2 Å². The lowest BCUT2D eigenvalue weighted by Crippen LogP contribution is -1.93. The van der Waals surface area contributed by atoms with Crippen LogP contribution in [0.5, 0.6) is 0 Å². The summed E-state index contributed by atoms with van der Waals surface area (Å²) in [4.78, 5) is 0. The summed E-state index contributed by atoms with van der Waals surface area (Å²) in [5.74, 6) is -0.302. The van der Waals surface area contributed by atoms with Crippen LogP contribution in [0.1, 0.15) is 0 Å². The van der Waals surface area contributed by atoms with E-state index >= 15 is 0 Å². The lowest BCUT2D eigenvalue weighted by molar-refractivity contribution is 0.252. The van der Waals surface area contributed by atoms with Crippen molar-refractivity contribution in [3.8, 4) is 0 Å². The molecule has 2 heterocycles. The Labute approximate surface area is 53.8 Å². The summed E-state index contributed by atoms with van der Waals surface area (Å²) in [6.45, 7) is 7.18. The molecule has 2 heteroatoms. The van der Waals surface area contributed by atoms with E-state index in [9.17, 15) is 0 Å². The minimum atomic E-state index is -0.302. The van der Waals surface area contributed by atoms with E-state index in [1.165, 1.54) is 0 Å². The number of epoxide rings is 2. The predicted octanol–water partition coefficient (Wildman–Crippen LogP) is 0.852. The molecule has 2 saturated heterocycles. The first-order valence-corrected chi connectivity index (χ1v) is 2.94. The Morgan fingerprint density at radius 3 is 1.78 bits per heavy atom. The Kier molecular flexibility index (Phi) is 0.739. The van der Waals surface area contributed by atoms with Crippen LogP contribution in [-0.4, -0.2) is 18.0 Å². The predicted molar refractivity (Wildman–Crippen MR) is 32.9 cm³/mol. The quantitative estimate of drug-likeness (QED) is 0.403. The van der Waals surface area contributed by atoms with E-state index in [1.54, 1.807) is 12.2 Å². The Morgan fingerprint density at radius 1 is 1.11 bits per heavy atom. The van der Waals surface area contributed by atoms with Crippen LogP contribution in [0.3, 0.4) is 0 Å². The summed E-state index contributed by atoms with van der Waals surface area (Å²) in [6, 6.07) is 0. The van der Waals surface area contributed by atoms with Gasteiger partial charge in [0, 0.05) is 0 Å². The Hall–Kier alpha value is -0.600. The van der Waals surface area contributed by atoms with Gasteiger partial charge in [-0.3, -0.25) is 0 Å². The molecule has 0 radical (unpaired) electrons. The van der Waals surface area contributed by atoms with Crippen LogP contribution < -0.4 is 0 Å². The van der Waals surface area contributed by atoms with E-state index in [0.29, 0.717) is 0 Å². The molecule has 2 unspecified atom stereocenters. The molecule has 0 aromatic heterocycles. The number of hydrogen-bond acceptors (Lipinski definition) is 2. The van der Waals surface area contributed by atoms with Crippen molar-refractivity contribution in [3.05, 3.63) is 25.3 Å². The van der Waals surface area contributed by atoms with Crippen molar-refractivity contribution in [1.29, 1.82) is 0 Å². The van der Waals surface area contributed by atoms with Gasteiger partial charge in [-0.1, -0.05) is 12.2 Å². The Morgan fingerprint density at radius 2 is 1.56 bits per heavy atom. The topological polar surface area (TPSA) is 25.1 Å². The standard InChI is InChI=1S/C7H8O2/c1-3-5-7(8-5)6(4-2)9-7/h3-6H,1-2H2. The first-order valence-electron chi connectivity index (χ1n) is 2.94.